The van der Waals surface area contributed by atoms with Crippen molar-refractivity contribution in [1.29, 1.82) is 0 Å². The van der Waals surface area contributed by atoms with Crippen LogP contribution in [0.2, 0.25) is 5.02 Å². The van der Waals surface area contributed by atoms with E-state index in [1.54, 1.807) is 12.1 Å². The molecule has 2 rings (SSSR count). The highest BCUT2D eigenvalue weighted by molar-refractivity contribution is 9.10. The van der Waals surface area contributed by atoms with Crippen molar-refractivity contribution in [1.82, 2.24) is 0 Å². The fraction of sp³-hybridized carbons (Fsp3) is 0.143. The van der Waals surface area contributed by atoms with Crippen molar-refractivity contribution in [2.24, 2.45) is 5.73 Å². The molecule has 2 N–H and O–H groups in total. The van der Waals surface area contributed by atoms with Crippen LogP contribution in [0.15, 0.2) is 34.8 Å². The third kappa shape index (κ3) is 3.34. The van der Waals surface area contributed by atoms with E-state index in [0.717, 1.165) is 12.1 Å². The molecule has 1 unspecified atom stereocenters. The molecular formula is C14H10BrClF3N. The van der Waals surface area contributed by atoms with Crippen molar-refractivity contribution in [3.05, 3.63) is 68.4 Å². The molecule has 1 nitrogen and oxygen atoms in total. The Bertz CT molecular complexity index is 649. The van der Waals surface area contributed by atoms with E-state index in [1.165, 1.54) is 6.07 Å². The highest BCUT2D eigenvalue weighted by Crippen LogP contribution is 2.26. The van der Waals surface area contributed by atoms with Crippen LogP contribution in [0.25, 0.3) is 0 Å². The molecule has 2 aromatic carbocycles. The van der Waals surface area contributed by atoms with Crippen LogP contribution in [-0.4, -0.2) is 0 Å². The number of hydrogen-bond acceptors (Lipinski definition) is 1. The predicted octanol–water partition coefficient (Wildman–Crippen LogP) is 4.76. The fourth-order valence-corrected chi connectivity index (χ4v) is 2.43. The lowest BCUT2D eigenvalue weighted by Crippen LogP contribution is -2.15. The van der Waals surface area contributed by atoms with Gasteiger partial charge in [-0.3, -0.25) is 0 Å². The first-order chi connectivity index (χ1) is 9.38. The molecule has 0 aliphatic rings. The minimum absolute atomic E-state index is 0.0346. The lowest BCUT2D eigenvalue weighted by atomic mass is 9.99. The Kier molecular flexibility index (Phi) is 4.73. The summed E-state index contributed by atoms with van der Waals surface area (Å²) in [6, 6.07) is 5.52. The van der Waals surface area contributed by atoms with Crippen molar-refractivity contribution in [2.75, 3.05) is 0 Å². The first-order valence-corrected chi connectivity index (χ1v) is 6.89. The number of hydrogen-bond donors (Lipinski definition) is 1. The lowest BCUT2D eigenvalue weighted by Gasteiger charge is -2.14. The van der Waals surface area contributed by atoms with Crippen LogP contribution in [0.4, 0.5) is 13.2 Å². The molecule has 2 aromatic rings. The van der Waals surface area contributed by atoms with Crippen molar-refractivity contribution in [3.8, 4) is 0 Å². The molecule has 0 aliphatic heterocycles. The fourth-order valence-electron chi connectivity index (χ4n) is 1.85. The van der Waals surface area contributed by atoms with Gasteiger partial charge in [-0.2, -0.15) is 0 Å². The number of benzene rings is 2. The molecule has 0 aliphatic carbocycles. The zero-order chi connectivity index (χ0) is 14.9. The van der Waals surface area contributed by atoms with E-state index in [2.05, 4.69) is 15.9 Å². The summed E-state index contributed by atoms with van der Waals surface area (Å²) in [6.07, 6.45) is 0.247. The van der Waals surface area contributed by atoms with Crippen molar-refractivity contribution < 1.29 is 13.2 Å². The maximum absolute atomic E-state index is 13.7. The zero-order valence-corrected chi connectivity index (χ0v) is 12.5. The van der Waals surface area contributed by atoms with Gasteiger partial charge in [0.15, 0.2) is 0 Å². The molecule has 0 fully saturated rings. The van der Waals surface area contributed by atoms with Crippen LogP contribution in [0, 0.1) is 17.5 Å². The highest BCUT2D eigenvalue weighted by atomic mass is 79.9. The third-order valence-electron chi connectivity index (χ3n) is 2.88. The molecule has 0 heterocycles. The monoisotopic (exact) mass is 363 g/mol. The van der Waals surface area contributed by atoms with E-state index in [1.807, 2.05) is 0 Å². The Morgan fingerprint density at radius 2 is 1.75 bits per heavy atom. The van der Waals surface area contributed by atoms with E-state index < -0.39 is 23.5 Å². The predicted molar refractivity (Wildman–Crippen MR) is 76.1 cm³/mol. The quantitative estimate of drug-likeness (QED) is 0.781. The third-order valence-corrected chi connectivity index (χ3v) is 3.78. The van der Waals surface area contributed by atoms with Crippen molar-refractivity contribution in [3.63, 3.8) is 0 Å². The molecule has 0 saturated heterocycles. The molecule has 20 heavy (non-hydrogen) atoms. The van der Waals surface area contributed by atoms with E-state index in [9.17, 15) is 13.2 Å². The summed E-state index contributed by atoms with van der Waals surface area (Å²) in [4.78, 5) is 0. The summed E-state index contributed by atoms with van der Waals surface area (Å²) in [7, 11) is 0. The van der Waals surface area contributed by atoms with Crippen LogP contribution >= 0.6 is 27.5 Å². The van der Waals surface area contributed by atoms with E-state index in [4.69, 9.17) is 17.3 Å². The minimum atomic E-state index is -0.751. The second-order valence-corrected chi connectivity index (χ2v) is 5.61. The Hall–Kier alpha value is -1.04. The average molecular weight is 365 g/mol. The molecule has 1 atom stereocenters. The number of halogens is 5. The van der Waals surface area contributed by atoms with Gasteiger partial charge in [0.1, 0.15) is 17.5 Å². The Morgan fingerprint density at radius 3 is 2.40 bits per heavy atom. The molecule has 0 radical (unpaired) electrons. The van der Waals surface area contributed by atoms with Gasteiger partial charge in [0.05, 0.1) is 9.50 Å². The highest BCUT2D eigenvalue weighted by Gasteiger charge is 2.16. The Balaban J connectivity index is 2.25. The van der Waals surface area contributed by atoms with Gasteiger partial charge in [-0.05, 0) is 52.2 Å². The molecule has 0 saturated carbocycles. The maximum atomic E-state index is 13.7. The molecule has 0 amide bonds. The van der Waals surface area contributed by atoms with Crippen LogP contribution in [0.5, 0.6) is 0 Å². The van der Waals surface area contributed by atoms with Gasteiger partial charge in [-0.25, -0.2) is 13.2 Å². The number of rotatable bonds is 3. The Labute approximate surface area is 127 Å². The van der Waals surface area contributed by atoms with Gasteiger partial charge in [-0.1, -0.05) is 17.7 Å². The van der Waals surface area contributed by atoms with Crippen LogP contribution in [0.3, 0.4) is 0 Å². The smallest absolute Gasteiger partial charge is 0.142 e. The Morgan fingerprint density at radius 1 is 1.05 bits per heavy atom. The minimum Gasteiger partial charge on any atom is -0.324 e. The summed E-state index contributed by atoms with van der Waals surface area (Å²) in [6.45, 7) is 0. The van der Waals surface area contributed by atoms with Gasteiger partial charge in [-0.15, -0.1) is 0 Å². The normalized spacial score (nSPS) is 12.5. The first kappa shape index (κ1) is 15.4. The van der Waals surface area contributed by atoms with Crippen LogP contribution < -0.4 is 5.73 Å². The first-order valence-electron chi connectivity index (χ1n) is 5.72. The standard InChI is InChI=1S/C14H10BrClF3N/c15-9-3-7(1-2-11(9)17)4-14(20)8-5-13(19)10(16)6-12(8)18/h1-3,5-6,14H,4,20H2. The molecule has 0 spiro atoms. The molecule has 106 valence electrons. The molecule has 0 bridgehead atoms. The molecule has 0 aromatic heterocycles. The van der Waals surface area contributed by atoms with E-state index in [-0.39, 0.29) is 17.0 Å². The van der Waals surface area contributed by atoms with Crippen molar-refractivity contribution in [2.45, 2.75) is 12.5 Å². The largest absolute Gasteiger partial charge is 0.324 e. The van der Waals surface area contributed by atoms with Crippen LogP contribution in [-0.2, 0) is 6.42 Å². The summed E-state index contributed by atoms with van der Waals surface area (Å²) in [5.74, 6) is -1.78. The van der Waals surface area contributed by atoms with Gasteiger partial charge in [0.25, 0.3) is 0 Å². The average Bonchev–Trinajstić information content (AvgIpc) is 2.38. The number of nitrogens with two attached hydrogens (primary N) is 1. The second kappa shape index (κ2) is 6.16. The second-order valence-electron chi connectivity index (χ2n) is 4.35. The summed E-state index contributed by atoms with van der Waals surface area (Å²) in [5.41, 5.74) is 6.62. The summed E-state index contributed by atoms with van der Waals surface area (Å²) < 4.78 is 40.5. The topological polar surface area (TPSA) is 26.0 Å². The van der Waals surface area contributed by atoms with Gasteiger partial charge < -0.3 is 5.73 Å². The van der Waals surface area contributed by atoms with Gasteiger partial charge in [0.2, 0.25) is 0 Å². The van der Waals surface area contributed by atoms with Gasteiger partial charge in [0, 0.05) is 11.6 Å². The van der Waals surface area contributed by atoms with Crippen LogP contribution in [0.1, 0.15) is 17.2 Å². The SMILES string of the molecule is NC(Cc1ccc(F)c(Br)c1)c1cc(F)c(Cl)cc1F. The summed E-state index contributed by atoms with van der Waals surface area (Å²) >= 11 is 8.55. The maximum Gasteiger partial charge on any atom is 0.142 e. The zero-order valence-electron chi connectivity index (χ0n) is 10.1. The van der Waals surface area contributed by atoms with E-state index >= 15 is 0 Å². The molecular weight excluding hydrogens is 355 g/mol. The van der Waals surface area contributed by atoms with E-state index in [0.29, 0.717) is 10.0 Å². The van der Waals surface area contributed by atoms with Gasteiger partial charge >= 0.3 is 0 Å². The summed E-state index contributed by atoms with van der Waals surface area (Å²) in [5, 5.41) is -0.289. The lowest BCUT2D eigenvalue weighted by molar-refractivity contribution is 0.561. The molecule has 6 heteroatoms. The van der Waals surface area contributed by atoms with Crippen molar-refractivity contribution >= 4 is 27.5 Å².